The minimum absolute atomic E-state index is 0.537. The average Bonchev–Trinajstić information content (AvgIpc) is 2.62. The summed E-state index contributed by atoms with van der Waals surface area (Å²) in [5.74, 6) is 0.569. The molecule has 0 saturated carbocycles. The number of nitrogen functional groups attached to an aromatic ring is 1. The molecule has 24 heavy (non-hydrogen) atoms. The van der Waals surface area contributed by atoms with Crippen LogP contribution in [0, 0.1) is 5.41 Å². The van der Waals surface area contributed by atoms with Crippen molar-refractivity contribution in [2.24, 2.45) is 5.73 Å². The molecule has 2 aromatic heterocycles. The van der Waals surface area contributed by atoms with Crippen molar-refractivity contribution in [1.82, 2.24) is 9.97 Å². The maximum atomic E-state index is 7.36. The van der Waals surface area contributed by atoms with E-state index in [0.29, 0.717) is 29.3 Å². The van der Waals surface area contributed by atoms with Gasteiger partial charge in [0.15, 0.2) is 0 Å². The standard InChI is InChI=1S/C18H18N6/c19-9-14(10-20)17-6-4-15(21)18(24-17)23-11-12-3-5-16-13(8-12)2-1-7-22-16/h1-10,19H,11,20-21H2,(H,23,24)/b14-10+,19-9?. The summed E-state index contributed by atoms with van der Waals surface area (Å²) in [7, 11) is 0. The summed E-state index contributed by atoms with van der Waals surface area (Å²) >= 11 is 0. The van der Waals surface area contributed by atoms with E-state index in [1.54, 1.807) is 18.3 Å². The number of aromatic nitrogens is 2. The van der Waals surface area contributed by atoms with Crippen LogP contribution in [0.1, 0.15) is 11.3 Å². The number of rotatable bonds is 5. The SMILES string of the molecule is N=C/C(=C\N)c1ccc(N)c(NCc2ccc3ncccc3c2)n1. The fraction of sp³-hybridized carbons (Fsp3) is 0.0556. The molecular weight excluding hydrogens is 300 g/mol. The second-order valence-corrected chi connectivity index (χ2v) is 5.28. The summed E-state index contributed by atoms with van der Waals surface area (Å²) < 4.78 is 0. The second kappa shape index (κ2) is 6.78. The van der Waals surface area contributed by atoms with Gasteiger partial charge in [-0.3, -0.25) is 4.98 Å². The van der Waals surface area contributed by atoms with Crippen LogP contribution in [0.5, 0.6) is 0 Å². The maximum Gasteiger partial charge on any atom is 0.150 e. The van der Waals surface area contributed by atoms with Crippen LogP contribution in [-0.4, -0.2) is 16.2 Å². The Kier molecular flexibility index (Phi) is 4.38. The molecule has 0 saturated heterocycles. The molecule has 0 amide bonds. The number of nitrogens with one attached hydrogen (secondary N) is 2. The molecule has 0 bridgehead atoms. The molecular formula is C18H18N6. The number of benzene rings is 1. The van der Waals surface area contributed by atoms with Crippen LogP contribution in [0.15, 0.2) is 54.9 Å². The van der Waals surface area contributed by atoms with E-state index in [-0.39, 0.29) is 0 Å². The lowest BCUT2D eigenvalue weighted by atomic mass is 10.1. The summed E-state index contributed by atoms with van der Waals surface area (Å²) in [6.45, 7) is 0.581. The number of allylic oxidation sites excluding steroid dienone is 1. The number of nitrogens with zero attached hydrogens (tertiary/aromatic N) is 2. The minimum atomic E-state index is 0.537. The molecule has 0 aliphatic rings. The van der Waals surface area contributed by atoms with E-state index in [1.165, 1.54) is 12.4 Å². The molecule has 3 aromatic rings. The lowest BCUT2D eigenvalue weighted by molar-refractivity contribution is 1.11. The van der Waals surface area contributed by atoms with Gasteiger partial charge in [-0.2, -0.15) is 0 Å². The molecule has 120 valence electrons. The topological polar surface area (TPSA) is 114 Å². The Morgan fingerprint density at radius 2 is 2.08 bits per heavy atom. The Morgan fingerprint density at radius 3 is 2.88 bits per heavy atom. The molecule has 0 atom stereocenters. The van der Waals surface area contributed by atoms with Crippen LogP contribution in [0.25, 0.3) is 16.5 Å². The van der Waals surface area contributed by atoms with Gasteiger partial charge >= 0.3 is 0 Å². The van der Waals surface area contributed by atoms with Crippen molar-refractivity contribution in [3.8, 4) is 0 Å². The van der Waals surface area contributed by atoms with Gasteiger partial charge in [-0.15, -0.1) is 0 Å². The van der Waals surface area contributed by atoms with Crippen LogP contribution in [0.3, 0.4) is 0 Å². The van der Waals surface area contributed by atoms with Gasteiger partial charge in [0.2, 0.25) is 0 Å². The van der Waals surface area contributed by atoms with Crippen molar-refractivity contribution in [2.45, 2.75) is 6.54 Å². The van der Waals surface area contributed by atoms with Crippen molar-refractivity contribution in [3.05, 3.63) is 66.1 Å². The quantitative estimate of drug-likeness (QED) is 0.540. The highest BCUT2D eigenvalue weighted by atomic mass is 15.0. The zero-order chi connectivity index (χ0) is 16.9. The Labute approximate surface area is 139 Å². The number of hydrogen-bond acceptors (Lipinski definition) is 6. The minimum Gasteiger partial charge on any atom is -0.404 e. The fourth-order valence-corrected chi connectivity index (χ4v) is 2.40. The first-order valence-corrected chi connectivity index (χ1v) is 7.48. The molecule has 0 radical (unpaired) electrons. The molecule has 3 rings (SSSR count). The van der Waals surface area contributed by atoms with Gasteiger partial charge in [-0.25, -0.2) is 4.98 Å². The van der Waals surface area contributed by atoms with Crippen molar-refractivity contribution in [2.75, 3.05) is 11.1 Å². The number of hydrogen-bond donors (Lipinski definition) is 4. The summed E-state index contributed by atoms with van der Waals surface area (Å²) in [4.78, 5) is 8.76. The second-order valence-electron chi connectivity index (χ2n) is 5.28. The van der Waals surface area contributed by atoms with E-state index >= 15 is 0 Å². The molecule has 6 N–H and O–H groups in total. The maximum absolute atomic E-state index is 7.36. The van der Waals surface area contributed by atoms with Crippen LogP contribution in [-0.2, 0) is 6.54 Å². The summed E-state index contributed by atoms with van der Waals surface area (Å²) in [6.07, 6.45) is 4.30. The lowest BCUT2D eigenvalue weighted by Crippen LogP contribution is -2.06. The van der Waals surface area contributed by atoms with Crippen molar-refractivity contribution in [3.63, 3.8) is 0 Å². The molecule has 6 heteroatoms. The van der Waals surface area contributed by atoms with E-state index in [0.717, 1.165) is 16.5 Å². The Bertz CT molecular complexity index is 916. The molecule has 0 fully saturated rings. The van der Waals surface area contributed by atoms with Gasteiger partial charge in [0, 0.05) is 36.1 Å². The summed E-state index contributed by atoms with van der Waals surface area (Å²) in [5, 5.41) is 11.7. The number of fused-ring (bicyclic) bond motifs is 1. The third kappa shape index (κ3) is 3.17. The van der Waals surface area contributed by atoms with E-state index in [4.69, 9.17) is 16.9 Å². The molecule has 1 aromatic carbocycles. The van der Waals surface area contributed by atoms with Crippen LogP contribution < -0.4 is 16.8 Å². The molecule has 2 heterocycles. The van der Waals surface area contributed by atoms with E-state index < -0.39 is 0 Å². The van der Waals surface area contributed by atoms with Crippen molar-refractivity contribution >= 4 is 34.2 Å². The third-order valence-electron chi connectivity index (χ3n) is 3.68. The van der Waals surface area contributed by atoms with Crippen LogP contribution in [0.2, 0.25) is 0 Å². The number of nitrogens with two attached hydrogens (primary N) is 2. The van der Waals surface area contributed by atoms with Gasteiger partial charge in [0.05, 0.1) is 16.9 Å². The monoisotopic (exact) mass is 318 g/mol. The van der Waals surface area contributed by atoms with E-state index in [9.17, 15) is 0 Å². The number of anilines is 2. The molecule has 0 unspecified atom stereocenters. The molecule has 0 aliphatic heterocycles. The molecule has 0 spiro atoms. The largest absolute Gasteiger partial charge is 0.404 e. The Hall–Kier alpha value is -3.41. The first-order chi connectivity index (χ1) is 11.7. The van der Waals surface area contributed by atoms with Crippen molar-refractivity contribution < 1.29 is 0 Å². The third-order valence-corrected chi connectivity index (χ3v) is 3.68. The van der Waals surface area contributed by atoms with Gasteiger partial charge in [0.25, 0.3) is 0 Å². The first-order valence-electron chi connectivity index (χ1n) is 7.48. The van der Waals surface area contributed by atoms with Crippen LogP contribution >= 0.6 is 0 Å². The highest BCUT2D eigenvalue weighted by Crippen LogP contribution is 2.21. The van der Waals surface area contributed by atoms with Crippen LogP contribution in [0.4, 0.5) is 11.5 Å². The first kappa shape index (κ1) is 15.5. The van der Waals surface area contributed by atoms with E-state index in [1.807, 2.05) is 24.3 Å². The zero-order valence-corrected chi connectivity index (χ0v) is 13.0. The van der Waals surface area contributed by atoms with Gasteiger partial charge in [-0.05, 0) is 35.9 Å². The number of pyridine rings is 2. The highest BCUT2D eigenvalue weighted by Gasteiger charge is 2.06. The summed E-state index contributed by atoms with van der Waals surface area (Å²) in [6, 6.07) is 13.5. The van der Waals surface area contributed by atoms with Crippen molar-refractivity contribution in [1.29, 1.82) is 5.41 Å². The average molecular weight is 318 g/mol. The van der Waals surface area contributed by atoms with E-state index in [2.05, 4.69) is 21.4 Å². The van der Waals surface area contributed by atoms with Gasteiger partial charge in [0.1, 0.15) is 5.82 Å². The zero-order valence-electron chi connectivity index (χ0n) is 13.0. The Balaban J connectivity index is 1.82. The molecule has 0 aliphatic carbocycles. The highest BCUT2D eigenvalue weighted by molar-refractivity contribution is 6.07. The Morgan fingerprint density at radius 1 is 1.21 bits per heavy atom. The van der Waals surface area contributed by atoms with Gasteiger partial charge in [-0.1, -0.05) is 12.1 Å². The predicted octanol–water partition coefficient (Wildman–Crippen LogP) is 2.77. The fourth-order valence-electron chi connectivity index (χ4n) is 2.40. The smallest absolute Gasteiger partial charge is 0.150 e. The normalized spacial score (nSPS) is 11.4. The summed E-state index contributed by atoms with van der Waals surface area (Å²) in [5.41, 5.74) is 15.2. The lowest BCUT2D eigenvalue weighted by Gasteiger charge is -2.11. The molecule has 6 nitrogen and oxygen atoms in total. The predicted molar refractivity (Wildman–Crippen MR) is 98.7 cm³/mol. The van der Waals surface area contributed by atoms with Gasteiger partial charge < -0.3 is 22.2 Å².